The van der Waals surface area contributed by atoms with Gasteiger partial charge in [0.15, 0.2) is 0 Å². The minimum atomic E-state index is -0.0938. The first kappa shape index (κ1) is 8.85. The molecule has 2 N–H and O–H groups in total. The Hall–Kier alpha value is 0.270. The Labute approximate surface area is 77.4 Å². The number of hydrogen-bond donors (Lipinski definition) is 2. The fraction of sp³-hybridized carbons (Fsp3) is 1.00. The van der Waals surface area contributed by atoms with Gasteiger partial charge in [0, 0.05) is 6.61 Å². The maximum atomic E-state index is 9.54. The molecule has 1 saturated carbocycles. The van der Waals surface area contributed by atoms with E-state index in [0.29, 0.717) is 24.4 Å². The van der Waals surface area contributed by atoms with Crippen LogP contribution in [0.25, 0.3) is 0 Å². The Morgan fingerprint density at radius 1 is 1.17 bits per heavy atom. The molecule has 0 radical (unpaired) electrons. The zero-order valence-electron chi connectivity index (χ0n) is 7.15. The normalized spacial score (nSPS) is 47.5. The highest BCUT2D eigenvalue weighted by Gasteiger charge is 2.39. The maximum absolute atomic E-state index is 9.54. The number of thioether (sulfide) groups is 1. The summed E-state index contributed by atoms with van der Waals surface area (Å²) in [6.07, 6.45) is 1.73. The molecule has 1 aliphatic heterocycles. The first-order valence-corrected chi connectivity index (χ1v) is 5.83. The zero-order chi connectivity index (χ0) is 8.55. The molecule has 1 aliphatic carbocycles. The van der Waals surface area contributed by atoms with E-state index in [0.717, 1.165) is 24.3 Å². The van der Waals surface area contributed by atoms with Gasteiger partial charge in [0.25, 0.3) is 0 Å². The van der Waals surface area contributed by atoms with E-state index in [1.807, 2.05) is 11.8 Å². The Morgan fingerprint density at radius 2 is 1.75 bits per heavy atom. The van der Waals surface area contributed by atoms with Gasteiger partial charge in [-0.05, 0) is 42.1 Å². The Bertz CT molecular complexity index is 149. The summed E-state index contributed by atoms with van der Waals surface area (Å²) < 4.78 is 0. The van der Waals surface area contributed by atoms with Crippen molar-refractivity contribution >= 4 is 11.8 Å². The maximum Gasteiger partial charge on any atom is 0.0546 e. The third-order valence-electron chi connectivity index (χ3n) is 3.24. The van der Waals surface area contributed by atoms with Gasteiger partial charge in [0.2, 0.25) is 0 Å². The van der Waals surface area contributed by atoms with Crippen LogP contribution < -0.4 is 0 Å². The molecule has 2 rings (SSSR count). The third kappa shape index (κ3) is 1.50. The highest BCUT2D eigenvalue weighted by Crippen LogP contribution is 2.42. The first-order valence-electron chi connectivity index (χ1n) is 4.68. The third-order valence-corrected chi connectivity index (χ3v) is 4.56. The van der Waals surface area contributed by atoms with Crippen LogP contribution in [0.15, 0.2) is 0 Å². The van der Waals surface area contributed by atoms with Gasteiger partial charge >= 0.3 is 0 Å². The van der Waals surface area contributed by atoms with Crippen LogP contribution in [0.1, 0.15) is 12.8 Å². The summed E-state index contributed by atoms with van der Waals surface area (Å²) >= 11 is 1.99. The molecular formula is C9H16O2S. The van der Waals surface area contributed by atoms with Crippen molar-refractivity contribution in [3.8, 4) is 0 Å². The number of fused-ring (bicyclic) bond motifs is 2. The molecule has 2 bridgehead atoms. The lowest BCUT2D eigenvalue weighted by atomic mass is 9.72. The van der Waals surface area contributed by atoms with E-state index in [-0.39, 0.29) is 6.10 Å². The van der Waals surface area contributed by atoms with Crippen LogP contribution >= 0.6 is 11.8 Å². The van der Waals surface area contributed by atoms with Gasteiger partial charge in [-0.1, -0.05) is 0 Å². The highest BCUT2D eigenvalue weighted by molar-refractivity contribution is 7.99. The molecule has 0 spiro atoms. The summed E-state index contributed by atoms with van der Waals surface area (Å²) in [5, 5.41) is 18.7. The van der Waals surface area contributed by atoms with E-state index in [9.17, 15) is 10.2 Å². The monoisotopic (exact) mass is 188 g/mol. The fourth-order valence-corrected chi connectivity index (χ4v) is 4.09. The Balaban J connectivity index is 2.06. The van der Waals surface area contributed by atoms with Crippen LogP contribution in [0, 0.1) is 17.8 Å². The standard InChI is InChI=1S/C9H16O2S/c10-3-9-6-1-8(11)2-7(9)5-12-4-6/h6-11H,1-5H2. The summed E-state index contributed by atoms with van der Waals surface area (Å²) in [5.41, 5.74) is 0. The van der Waals surface area contributed by atoms with Crippen molar-refractivity contribution in [1.29, 1.82) is 0 Å². The van der Waals surface area contributed by atoms with E-state index in [1.165, 1.54) is 0 Å². The van der Waals surface area contributed by atoms with Crippen molar-refractivity contribution in [2.75, 3.05) is 18.1 Å². The van der Waals surface area contributed by atoms with Crippen LogP contribution in [0.4, 0.5) is 0 Å². The van der Waals surface area contributed by atoms with E-state index < -0.39 is 0 Å². The molecule has 2 atom stereocenters. The first-order chi connectivity index (χ1) is 5.81. The van der Waals surface area contributed by atoms with Crippen LogP contribution in [0.3, 0.4) is 0 Å². The lowest BCUT2D eigenvalue weighted by molar-refractivity contribution is 0.0149. The van der Waals surface area contributed by atoms with Crippen molar-refractivity contribution in [3.05, 3.63) is 0 Å². The molecule has 2 fully saturated rings. The second kappa shape index (κ2) is 3.56. The molecule has 2 nitrogen and oxygen atoms in total. The quantitative estimate of drug-likeness (QED) is 0.637. The van der Waals surface area contributed by atoms with Crippen molar-refractivity contribution in [2.24, 2.45) is 17.8 Å². The molecule has 1 heterocycles. The average molecular weight is 188 g/mol. The molecule has 0 aromatic carbocycles. The predicted molar refractivity (Wildman–Crippen MR) is 50.1 cm³/mol. The second-order valence-corrected chi connectivity index (χ2v) is 5.10. The van der Waals surface area contributed by atoms with E-state index in [1.54, 1.807) is 0 Å². The predicted octanol–water partition coefficient (Wildman–Crippen LogP) is 0.729. The highest BCUT2D eigenvalue weighted by atomic mass is 32.2. The van der Waals surface area contributed by atoms with Crippen LogP contribution in [0.2, 0.25) is 0 Å². The SMILES string of the molecule is OCC1C2CSCC1CC(O)C2. The van der Waals surface area contributed by atoms with Gasteiger partial charge in [-0.2, -0.15) is 11.8 Å². The molecule has 70 valence electrons. The molecular weight excluding hydrogens is 172 g/mol. The summed E-state index contributed by atoms with van der Waals surface area (Å²) in [6, 6.07) is 0. The van der Waals surface area contributed by atoms with Crippen molar-refractivity contribution in [1.82, 2.24) is 0 Å². The summed E-state index contributed by atoms with van der Waals surface area (Å²) in [6.45, 7) is 0.322. The van der Waals surface area contributed by atoms with Gasteiger partial charge < -0.3 is 10.2 Å². The Kier molecular flexibility index (Phi) is 2.63. The lowest BCUT2D eigenvalue weighted by Crippen LogP contribution is -2.42. The van der Waals surface area contributed by atoms with Gasteiger partial charge in [0.05, 0.1) is 6.10 Å². The summed E-state index contributed by atoms with van der Waals surface area (Å²) in [7, 11) is 0. The topological polar surface area (TPSA) is 40.5 Å². The van der Waals surface area contributed by atoms with Crippen LogP contribution in [0.5, 0.6) is 0 Å². The van der Waals surface area contributed by atoms with E-state index in [4.69, 9.17) is 0 Å². The second-order valence-electron chi connectivity index (χ2n) is 4.03. The molecule has 0 aromatic heterocycles. The van der Waals surface area contributed by atoms with Gasteiger partial charge in [-0.15, -0.1) is 0 Å². The summed E-state index contributed by atoms with van der Waals surface area (Å²) in [4.78, 5) is 0. The lowest BCUT2D eigenvalue weighted by Gasteiger charge is -2.43. The van der Waals surface area contributed by atoms with Crippen molar-refractivity contribution in [3.63, 3.8) is 0 Å². The molecule has 1 saturated heterocycles. The smallest absolute Gasteiger partial charge is 0.0546 e. The number of aliphatic hydroxyl groups excluding tert-OH is 2. The average Bonchev–Trinajstić information content (AvgIpc) is 2.02. The van der Waals surface area contributed by atoms with Gasteiger partial charge in [0.1, 0.15) is 0 Å². The number of rotatable bonds is 1. The fourth-order valence-electron chi connectivity index (χ4n) is 2.58. The molecule has 0 aromatic rings. The van der Waals surface area contributed by atoms with Crippen molar-refractivity contribution in [2.45, 2.75) is 18.9 Å². The van der Waals surface area contributed by atoms with E-state index >= 15 is 0 Å². The minimum Gasteiger partial charge on any atom is -0.396 e. The molecule has 0 amide bonds. The molecule has 12 heavy (non-hydrogen) atoms. The number of aliphatic hydroxyl groups is 2. The van der Waals surface area contributed by atoms with E-state index in [2.05, 4.69) is 0 Å². The van der Waals surface area contributed by atoms with Crippen LogP contribution in [-0.4, -0.2) is 34.4 Å². The summed E-state index contributed by atoms with van der Waals surface area (Å²) in [5.74, 6) is 3.90. The molecule has 2 unspecified atom stereocenters. The van der Waals surface area contributed by atoms with Gasteiger partial charge in [-0.3, -0.25) is 0 Å². The van der Waals surface area contributed by atoms with Crippen molar-refractivity contribution < 1.29 is 10.2 Å². The zero-order valence-corrected chi connectivity index (χ0v) is 7.96. The van der Waals surface area contributed by atoms with Gasteiger partial charge in [-0.25, -0.2) is 0 Å². The van der Waals surface area contributed by atoms with Crippen LogP contribution in [-0.2, 0) is 0 Å². The molecule has 3 heteroatoms. The molecule has 2 aliphatic rings. The minimum absolute atomic E-state index is 0.0938. The Morgan fingerprint density at radius 3 is 2.25 bits per heavy atom. The largest absolute Gasteiger partial charge is 0.396 e. The number of hydrogen-bond acceptors (Lipinski definition) is 3.